The molecule has 0 spiro atoms. The van der Waals surface area contributed by atoms with Crippen LogP contribution in [0.2, 0.25) is 0 Å². The van der Waals surface area contributed by atoms with Crippen LogP contribution < -0.4 is 16.6 Å². The number of aromatic amines is 2. The summed E-state index contributed by atoms with van der Waals surface area (Å²) in [4.78, 5) is 45.1. The molecule has 1 fully saturated rings. The lowest BCUT2D eigenvalue weighted by Gasteiger charge is -2.32. The van der Waals surface area contributed by atoms with Gasteiger partial charge in [0.05, 0.1) is 11.5 Å². The van der Waals surface area contributed by atoms with Crippen molar-refractivity contribution in [1.29, 1.82) is 0 Å². The minimum absolute atomic E-state index is 0.0686. The molecule has 3 heterocycles. The van der Waals surface area contributed by atoms with Crippen molar-refractivity contribution < 1.29 is 9.53 Å². The summed E-state index contributed by atoms with van der Waals surface area (Å²) in [5.74, 6) is -0.205. The third kappa shape index (κ3) is 4.04. The number of rotatable bonds is 4. The lowest BCUT2D eigenvalue weighted by atomic mass is 9.89. The number of carbonyl (C=O) groups is 1. The van der Waals surface area contributed by atoms with E-state index < -0.39 is 11.2 Å². The molecular weight excluding hydrogens is 384 g/mol. The number of amides is 1. The van der Waals surface area contributed by atoms with Crippen LogP contribution in [-0.2, 0) is 4.74 Å². The highest BCUT2D eigenvalue weighted by atomic mass is 16.5. The van der Waals surface area contributed by atoms with Crippen molar-refractivity contribution in [2.24, 2.45) is 5.92 Å². The summed E-state index contributed by atoms with van der Waals surface area (Å²) >= 11 is 0. The van der Waals surface area contributed by atoms with Crippen molar-refractivity contribution in [2.45, 2.75) is 32.8 Å². The van der Waals surface area contributed by atoms with E-state index in [2.05, 4.69) is 44.5 Å². The normalized spacial score (nSPS) is 19.0. The Morgan fingerprint density at radius 1 is 1.20 bits per heavy atom. The molecule has 2 atom stereocenters. The van der Waals surface area contributed by atoms with E-state index in [1.807, 2.05) is 6.92 Å². The van der Waals surface area contributed by atoms with Crippen LogP contribution in [-0.4, -0.2) is 34.0 Å². The first-order valence-corrected chi connectivity index (χ1v) is 10.0. The monoisotopic (exact) mass is 408 g/mol. The number of carbonyl (C=O) groups excluding carboxylic acids is 1. The first kappa shape index (κ1) is 20.0. The van der Waals surface area contributed by atoms with Crippen LogP contribution in [0.4, 0.5) is 0 Å². The van der Waals surface area contributed by atoms with Crippen LogP contribution in [0.1, 0.15) is 46.1 Å². The van der Waals surface area contributed by atoms with Crippen LogP contribution in [0, 0.1) is 19.8 Å². The predicted molar refractivity (Wildman–Crippen MR) is 113 cm³/mol. The highest BCUT2D eigenvalue weighted by Gasteiger charge is 2.28. The molecule has 2 aromatic heterocycles. The Morgan fingerprint density at radius 2 is 1.97 bits per heavy atom. The molecular formula is C22H24N4O4. The van der Waals surface area contributed by atoms with E-state index in [1.165, 1.54) is 5.56 Å². The van der Waals surface area contributed by atoms with Crippen molar-refractivity contribution in [1.82, 2.24) is 20.3 Å². The average Bonchev–Trinajstić information content (AvgIpc) is 2.72. The Bertz CT molecular complexity index is 1200. The van der Waals surface area contributed by atoms with Gasteiger partial charge in [-0.05, 0) is 43.9 Å². The van der Waals surface area contributed by atoms with Gasteiger partial charge in [0.1, 0.15) is 11.3 Å². The standard InChI is InChI=1S/C22H24N4O4/c1-12-5-7-14(8-6-12)18-15(4-3-9-30-18)11-23-20(27)16-10-13(2)17-19(24-16)25-22(29)26-21(17)28/h5-8,10,15,18H,3-4,9,11H2,1-2H3,(H,23,27)(H2,24,25,26,28,29). The van der Waals surface area contributed by atoms with Gasteiger partial charge in [-0.15, -0.1) is 0 Å². The van der Waals surface area contributed by atoms with Gasteiger partial charge in [0, 0.05) is 19.1 Å². The first-order valence-electron chi connectivity index (χ1n) is 10.0. The van der Waals surface area contributed by atoms with Crippen molar-refractivity contribution >= 4 is 16.9 Å². The first-order chi connectivity index (χ1) is 14.4. The third-order valence-electron chi connectivity index (χ3n) is 5.51. The van der Waals surface area contributed by atoms with Crippen LogP contribution >= 0.6 is 0 Å². The summed E-state index contributed by atoms with van der Waals surface area (Å²) in [6.07, 6.45) is 1.83. The molecule has 0 radical (unpaired) electrons. The summed E-state index contributed by atoms with van der Waals surface area (Å²) in [6.45, 7) is 4.90. The Kier molecular flexibility index (Phi) is 5.50. The van der Waals surface area contributed by atoms with E-state index in [4.69, 9.17) is 4.74 Å². The molecule has 3 aromatic rings. The van der Waals surface area contributed by atoms with Crippen molar-refractivity contribution in [3.05, 3.63) is 73.6 Å². The Balaban J connectivity index is 1.53. The number of ether oxygens (including phenoxy) is 1. The predicted octanol–water partition coefficient (Wildman–Crippen LogP) is 2.13. The SMILES string of the molecule is Cc1ccc(C2OCCCC2CNC(=O)c2cc(C)c3c(=O)[nH]c(=O)[nH]c3n2)cc1. The van der Waals surface area contributed by atoms with E-state index in [0.29, 0.717) is 18.7 Å². The van der Waals surface area contributed by atoms with E-state index in [-0.39, 0.29) is 34.7 Å². The summed E-state index contributed by atoms with van der Waals surface area (Å²) in [5, 5.41) is 3.21. The number of aryl methyl sites for hydroxylation is 2. The topological polar surface area (TPSA) is 117 Å². The van der Waals surface area contributed by atoms with Crippen molar-refractivity contribution in [3.63, 3.8) is 0 Å². The summed E-state index contributed by atoms with van der Waals surface area (Å²) in [5.41, 5.74) is 1.95. The van der Waals surface area contributed by atoms with Crippen LogP contribution in [0.15, 0.2) is 39.9 Å². The molecule has 8 nitrogen and oxygen atoms in total. The Morgan fingerprint density at radius 3 is 2.73 bits per heavy atom. The maximum atomic E-state index is 12.7. The quantitative estimate of drug-likeness (QED) is 0.611. The van der Waals surface area contributed by atoms with Crippen molar-refractivity contribution in [3.8, 4) is 0 Å². The average molecular weight is 408 g/mol. The van der Waals surface area contributed by atoms with E-state index >= 15 is 0 Å². The fourth-order valence-electron chi connectivity index (χ4n) is 3.96. The van der Waals surface area contributed by atoms with Gasteiger partial charge in [-0.1, -0.05) is 29.8 Å². The molecule has 2 unspecified atom stereocenters. The molecule has 156 valence electrons. The van der Waals surface area contributed by atoms with E-state index in [0.717, 1.165) is 18.4 Å². The van der Waals surface area contributed by atoms with Gasteiger partial charge in [0.15, 0.2) is 0 Å². The molecule has 4 rings (SSSR count). The zero-order valence-electron chi connectivity index (χ0n) is 17.0. The number of fused-ring (bicyclic) bond motifs is 1. The highest BCUT2D eigenvalue weighted by Crippen LogP contribution is 2.33. The Labute approximate surface area is 172 Å². The van der Waals surface area contributed by atoms with Gasteiger partial charge < -0.3 is 10.1 Å². The van der Waals surface area contributed by atoms with Gasteiger partial charge >= 0.3 is 5.69 Å². The molecule has 1 aliphatic heterocycles. The van der Waals surface area contributed by atoms with E-state index in [9.17, 15) is 14.4 Å². The number of nitrogens with one attached hydrogen (secondary N) is 3. The lowest BCUT2D eigenvalue weighted by molar-refractivity contribution is -0.0272. The maximum Gasteiger partial charge on any atom is 0.327 e. The number of pyridine rings is 1. The molecule has 1 saturated heterocycles. The smallest absolute Gasteiger partial charge is 0.327 e. The number of H-pyrrole nitrogens is 2. The minimum Gasteiger partial charge on any atom is -0.373 e. The lowest BCUT2D eigenvalue weighted by Crippen LogP contribution is -2.35. The number of nitrogens with zero attached hydrogens (tertiary/aromatic N) is 1. The molecule has 8 heteroatoms. The molecule has 0 aliphatic carbocycles. The zero-order chi connectivity index (χ0) is 21.3. The third-order valence-corrected chi connectivity index (χ3v) is 5.51. The fourth-order valence-corrected chi connectivity index (χ4v) is 3.96. The van der Waals surface area contributed by atoms with Gasteiger partial charge in [-0.2, -0.15) is 0 Å². The number of benzene rings is 1. The molecule has 1 aromatic carbocycles. The number of hydrogen-bond donors (Lipinski definition) is 3. The molecule has 1 aliphatic rings. The molecule has 0 bridgehead atoms. The number of hydrogen-bond acceptors (Lipinski definition) is 5. The van der Waals surface area contributed by atoms with Gasteiger partial charge in [-0.25, -0.2) is 9.78 Å². The molecule has 3 N–H and O–H groups in total. The zero-order valence-corrected chi connectivity index (χ0v) is 17.0. The minimum atomic E-state index is -0.655. The Hall–Kier alpha value is -3.26. The second-order valence-corrected chi connectivity index (χ2v) is 7.77. The highest BCUT2D eigenvalue weighted by molar-refractivity contribution is 5.95. The largest absolute Gasteiger partial charge is 0.373 e. The van der Waals surface area contributed by atoms with Crippen LogP contribution in [0.5, 0.6) is 0 Å². The number of aromatic nitrogens is 3. The van der Waals surface area contributed by atoms with Gasteiger partial charge in [0.2, 0.25) is 0 Å². The fraction of sp³-hybridized carbons (Fsp3) is 0.364. The summed E-state index contributed by atoms with van der Waals surface area (Å²) in [7, 11) is 0. The second-order valence-electron chi connectivity index (χ2n) is 7.77. The molecule has 1 amide bonds. The van der Waals surface area contributed by atoms with Crippen LogP contribution in [0.3, 0.4) is 0 Å². The molecule has 0 saturated carbocycles. The van der Waals surface area contributed by atoms with Gasteiger partial charge in [0.25, 0.3) is 11.5 Å². The summed E-state index contributed by atoms with van der Waals surface area (Å²) in [6, 6.07) is 9.82. The second kappa shape index (κ2) is 8.23. The van der Waals surface area contributed by atoms with Crippen LogP contribution in [0.25, 0.3) is 11.0 Å². The molecule has 30 heavy (non-hydrogen) atoms. The van der Waals surface area contributed by atoms with Gasteiger partial charge in [-0.3, -0.25) is 19.6 Å². The van der Waals surface area contributed by atoms with Crippen molar-refractivity contribution in [2.75, 3.05) is 13.2 Å². The summed E-state index contributed by atoms with van der Waals surface area (Å²) < 4.78 is 6.01. The van der Waals surface area contributed by atoms with E-state index in [1.54, 1.807) is 13.0 Å². The maximum absolute atomic E-state index is 12.7.